The summed E-state index contributed by atoms with van der Waals surface area (Å²) in [7, 11) is 0. The molecule has 5 nitrogen and oxygen atoms in total. The number of phenols is 1. The number of aromatic hydroxyl groups is 1. The number of benzene rings is 1. The molecule has 0 amide bonds. The summed E-state index contributed by atoms with van der Waals surface area (Å²) in [5, 5.41) is 17.5. The minimum absolute atomic E-state index is 0.174. The molecule has 1 unspecified atom stereocenters. The Hall–Kier alpha value is -1.88. The van der Waals surface area contributed by atoms with Gasteiger partial charge in [-0.05, 0) is 62.9 Å². The molecule has 0 spiro atoms. The molecule has 2 aromatic rings. The van der Waals surface area contributed by atoms with Gasteiger partial charge in [0.25, 0.3) is 0 Å². The largest absolute Gasteiger partial charge is 0.507 e. The molecule has 2 N–H and O–H groups in total. The third-order valence-corrected chi connectivity index (χ3v) is 4.43. The van der Waals surface area contributed by atoms with Crippen molar-refractivity contribution in [3.8, 4) is 17.1 Å². The van der Waals surface area contributed by atoms with Crippen molar-refractivity contribution in [1.29, 1.82) is 0 Å². The minimum atomic E-state index is -0.174. The number of hydrogen-bond donors (Lipinski definition) is 2. The molecule has 0 saturated carbocycles. The van der Waals surface area contributed by atoms with E-state index in [4.69, 9.17) is 4.52 Å². The number of nitrogens with one attached hydrogen (secondary N) is 1. The average Bonchev–Trinajstić information content (AvgIpc) is 3.13. The smallest absolute Gasteiger partial charge is 0.247 e. The first kappa shape index (κ1) is 14.1. The Labute approximate surface area is 124 Å². The lowest BCUT2D eigenvalue weighted by atomic mass is 9.94. The lowest BCUT2D eigenvalue weighted by Crippen LogP contribution is -2.36. The minimum Gasteiger partial charge on any atom is -0.507 e. The first-order valence-electron chi connectivity index (χ1n) is 7.45. The highest BCUT2D eigenvalue weighted by Gasteiger charge is 2.38. The zero-order chi connectivity index (χ0) is 15.0. The Kier molecular flexibility index (Phi) is 3.45. The fraction of sp³-hybridized carbons (Fsp3) is 0.500. The molecular formula is C16H21N3O2. The van der Waals surface area contributed by atoms with Crippen molar-refractivity contribution in [1.82, 2.24) is 15.5 Å². The highest BCUT2D eigenvalue weighted by atomic mass is 16.5. The van der Waals surface area contributed by atoms with Crippen molar-refractivity contribution in [2.45, 2.75) is 45.6 Å². The molecule has 1 aromatic heterocycles. The Morgan fingerprint density at radius 2 is 2.05 bits per heavy atom. The van der Waals surface area contributed by atoms with Gasteiger partial charge in [0.05, 0.1) is 5.54 Å². The second-order valence-corrected chi connectivity index (χ2v) is 5.85. The first-order chi connectivity index (χ1) is 10.1. The van der Waals surface area contributed by atoms with Gasteiger partial charge in [-0.2, -0.15) is 4.98 Å². The predicted molar refractivity (Wildman–Crippen MR) is 80.1 cm³/mol. The summed E-state index contributed by atoms with van der Waals surface area (Å²) in [4.78, 5) is 4.60. The maximum Gasteiger partial charge on any atom is 0.247 e. The number of hydrogen-bond acceptors (Lipinski definition) is 5. The predicted octanol–water partition coefficient (Wildman–Crippen LogP) is 3.05. The second kappa shape index (κ2) is 5.15. The molecule has 2 heterocycles. The van der Waals surface area contributed by atoms with Gasteiger partial charge in [-0.1, -0.05) is 12.1 Å². The monoisotopic (exact) mass is 287 g/mol. The SMILES string of the molecule is CCC1(c2nc(-c3cc(C)c(O)c(C)c3)no2)CCCN1. The van der Waals surface area contributed by atoms with E-state index >= 15 is 0 Å². The van der Waals surface area contributed by atoms with Gasteiger partial charge in [-0.3, -0.25) is 0 Å². The van der Waals surface area contributed by atoms with Crippen molar-refractivity contribution in [3.05, 3.63) is 29.2 Å². The van der Waals surface area contributed by atoms with E-state index in [1.165, 1.54) is 0 Å². The van der Waals surface area contributed by atoms with E-state index in [9.17, 15) is 5.11 Å². The van der Waals surface area contributed by atoms with Gasteiger partial charge in [0.2, 0.25) is 11.7 Å². The fourth-order valence-electron chi connectivity index (χ4n) is 3.06. The van der Waals surface area contributed by atoms with E-state index in [0.29, 0.717) is 17.5 Å². The van der Waals surface area contributed by atoms with E-state index in [1.54, 1.807) is 0 Å². The number of nitrogens with zero attached hydrogens (tertiary/aromatic N) is 2. The third-order valence-electron chi connectivity index (χ3n) is 4.43. The molecular weight excluding hydrogens is 266 g/mol. The van der Waals surface area contributed by atoms with Gasteiger partial charge in [0.1, 0.15) is 5.75 Å². The molecule has 112 valence electrons. The van der Waals surface area contributed by atoms with Gasteiger partial charge in [0.15, 0.2) is 0 Å². The third kappa shape index (κ3) is 2.31. The maximum atomic E-state index is 9.86. The molecule has 1 fully saturated rings. The Balaban J connectivity index is 1.99. The van der Waals surface area contributed by atoms with Crippen molar-refractivity contribution in [3.63, 3.8) is 0 Å². The van der Waals surface area contributed by atoms with Crippen LogP contribution >= 0.6 is 0 Å². The topological polar surface area (TPSA) is 71.2 Å². The van der Waals surface area contributed by atoms with E-state index in [2.05, 4.69) is 22.4 Å². The molecule has 1 aliphatic rings. The van der Waals surface area contributed by atoms with Crippen molar-refractivity contribution >= 4 is 0 Å². The fourth-order valence-corrected chi connectivity index (χ4v) is 3.06. The van der Waals surface area contributed by atoms with Crippen LogP contribution in [0.15, 0.2) is 16.7 Å². The lowest BCUT2D eigenvalue weighted by molar-refractivity contribution is 0.250. The van der Waals surface area contributed by atoms with Gasteiger partial charge >= 0.3 is 0 Å². The summed E-state index contributed by atoms with van der Waals surface area (Å²) >= 11 is 0. The highest BCUT2D eigenvalue weighted by molar-refractivity contribution is 5.60. The van der Waals surface area contributed by atoms with E-state index in [1.807, 2.05) is 26.0 Å². The summed E-state index contributed by atoms with van der Waals surface area (Å²) in [6.07, 6.45) is 3.09. The van der Waals surface area contributed by atoms with Crippen LogP contribution in [-0.2, 0) is 5.54 Å². The maximum absolute atomic E-state index is 9.86. The summed E-state index contributed by atoms with van der Waals surface area (Å²) in [6.45, 7) is 6.87. The highest BCUT2D eigenvalue weighted by Crippen LogP contribution is 2.34. The quantitative estimate of drug-likeness (QED) is 0.908. The average molecular weight is 287 g/mol. The zero-order valence-electron chi connectivity index (χ0n) is 12.7. The number of phenolic OH excluding ortho intramolecular Hbond substituents is 1. The summed E-state index contributed by atoms with van der Waals surface area (Å²) < 4.78 is 5.52. The van der Waals surface area contributed by atoms with Crippen molar-refractivity contribution in [2.75, 3.05) is 6.54 Å². The number of rotatable bonds is 3. The van der Waals surface area contributed by atoms with Crippen LogP contribution in [0.3, 0.4) is 0 Å². The molecule has 3 rings (SSSR count). The van der Waals surface area contributed by atoms with Crippen LogP contribution in [0.2, 0.25) is 0 Å². The van der Waals surface area contributed by atoms with Crippen LogP contribution in [0.25, 0.3) is 11.4 Å². The lowest BCUT2D eigenvalue weighted by Gasteiger charge is -2.22. The Morgan fingerprint density at radius 1 is 1.33 bits per heavy atom. The zero-order valence-corrected chi connectivity index (χ0v) is 12.7. The van der Waals surface area contributed by atoms with Gasteiger partial charge in [0, 0.05) is 5.56 Å². The molecule has 0 radical (unpaired) electrons. The van der Waals surface area contributed by atoms with Gasteiger partial charge < -0.3 is 14.9 Å². The first-order valence-corrected chi connectivity index (χ1v) is 7.45. The van der Waals surface area contributed by atoms with Crippen LogP contribution in [0.4, 0.5) is 0 Å². The van der Waals surface area contributed by atoms with E-state index < -0.39 is 0 Å². The van der Waals surface area contributed by atoms with Crippen LogP contribution in [0, 0.1) is 13.8 Å². The molecule has 0 aliphatic carbocycles. The molecule has 1 atom stereocenters. The summed E-state index contributed by atoms with van der Waals surface area (Å²) in [5.41, 5.74) is 2.34. The van der Waals surface area contributed by atoms with Crippen molar-refractivity contribution < 1.29 is 9.63 Å². The number of aryl methyl sites for hydroxylation is 2. The molecule has 0 bridgehead atoms. The molecule has 1 aromatic carbocycles. The summed E-state index contributed by atoms with van der Waals surface area (Å²) in [5.74, 6) is 1.57. The van der Waals surface area contributed by atoms with Gasteiger partial charge in [-0.25, -0.2) is 0 Å². The van der Waals surface area contributed by atoms with Crippen molar-refractivity contribution in [2.24, 2.45) is 0 Å². The molecule has 21 heavy (non-hydrogen) atoms. The molecule has 5 heteroatoms. The van der Waals surface area contributed by atoms with Crippen LogP contribution in [0.5, 0.6) is 5.75 Å². The van der Waals surface area contributed by atoms with Crippen LogP contribution in [-0.4, -0.2) is 21.8 Å². The summed E-state index contributed by atoms with van der Waals surface area (Å²) in [6, 6.07) is 3.77. The molecule has 1 saturated heterocycles. The van der Waals surface area contributed by atoms with E-state index in [0.717, 1.165) is 42.5 Å². The standard InChI is InChI=1S/C16H21N3O2/c1-4-16(6-5-7-17-16)15-18-14(19-21-15)12-8-10(2)13(20)11(3)9-12/h8-9,17,20H,4-7H2,1-3H3. The number of aromatic nitrogens is 2. The Bertz CT molecular complexity index is 634. The van der Waals surface area contributed by atoms with Crippen LogP contribution < -0.4 is 5.32 Å². The van der Waals surface area contributed by atoms with Crippen LogP contribution in [0.1, 0.15) is 43.2 Å². The normalized spacial score (nSPS) is 21.9. The van der Waals surface area contributed by atoms with Gasteiger partial charge in [-0.15, -0.1) is 0 Å². The molecule has 1 aliphatic heterocycles. The Morgan fingerprint density at radius 3 is 2.62 bits per heavy atom. The second-order valence-electron chi connectivity index (χ2n) is 5.85. The van der Waals surface area contributed by atoms with E-state index in [-0.39, 0.29) is 5.54 Å².